The van der Waals surface area contributed by atoms with Gasteiger partial charge in [0.15, 0.2) is 0 Å². The summed E-state index contributed by atoms with van der Waals surface area (Å²) in [4.78, 5) is 12.0. The molecule has 0 saturated carbocycles. The molecule has 0 saturated heterocycles. The molecule has 1 atom stereocenters. The Morgan fingerprint density at radius 1 is 1.24 bits per heavy atom. The second-order valence-electron chi connectivity index (χ2n) is 4.91. The molecule has 2 aromatic carbocycles. The van der Waals surface area contributed by atoms with Crippen molar-refractivity contribution in [3.8, 4) is 0 Å². The number of nitrogen functional groups attached to an aromatic ring is 1. The van der Waals surface area contributed by atoms with Crippen LogP contribution >= 0.6 is 11.6 Å². The van der Waals surface area contributed by atoms with E-state index in [4.69, 9.17) is 17.3 Å². The highest BCUT2D eigenvalue weighted by Gasteiger charge is 2.12. The highest BCUT2D eigenvalue weighted by molar-refractivity contribution is 6.31. The Balaban J connectivity index is 2.01. The number of hydrogen-bond acceptors (Lipinski definition) is 2. The fraction of sp³-hybridized carbons (Fsp3) is 0.188. The van der Waals surface area contributed by atoms with Gasteiger partial charge in [0.2, 0.25) is 0 Å². The van der Waals surface area contributed by atoms with Crippen molar-refractivity contribution >= 4 is 29.0 Å². The van der Waals surface area contributed by atoms with Gasteiger partial charge in [0.05, 0.1) is 6.04 Å². The fourth-order valence-electron chi connectivity index (χ4n) is 2.02. The van der Waals surface area contributed by atoms with E-state index in [2.05, 4.69) is 10.6 Å². The van der Waals surface area contributed by atoms with Gasteiger partial charge in [-0.25, -0.2) is 4.79 Å². The van der Waals surface area contributed by atoms with E-state index in [0.717, 1.165) is 11.1 Å². The fourth-order valence-corrected chi connectivity index (χ4v) is 2.20. The van der Waals surface area contributed by atoms with E-state index in [-0.39, 0.29) is 12.1 Å². The Bertz CT molecular complexity index is 658. The summed E-state index contributed by atoms with van der Waals surface area (Å²) in [6.07, 6.45) is 0. The van der Waals surface area contributed by atoms with Crippen molar-refractivity contribution in [2.24, 2.45) is 0 Å². The molecule has 0 aromatic heterocycles. The minimum Gasteiger partial charge on any atom is -0.398 e. The van der Waals surface area contributed by atoms with Gasteiger partial charge >= 0.3 is 6.03 Å². The highest BCUT2D eigenvalue weighted by Crippen LogP contribution is 2.21. The maximum absolute atomic E-state index is 12.0. The molecule has 110 valence electrons. The first-order valence-electron chi connectivity index (χ1n) is 6.65. The molecule has 0 bridgehead atoms. The van der Waals surface area contributed by atoms with E-state index in [0.29, 0.717) is 16.4 Å². The second-order valence-corrected chi connectivity index (χ2v) is 5.32. The number of nitrogens with one attached hydrogen (secondary N) is 2. The molecule has 2 rings (SSSR count). The van der Waals surface area contributed by atoms with Crippen LogP contribution in [0, 0.1) is 6.92 Å². The number of hydrogen-bond donors (Lipinski definition) is 3. The lowest BCUT2D eigenvalue weighted by Gasteiger charge is -2.17. The van der Waals surface area contributed by atoms with E-state index in [1.54, 1.807) is 6.07 Å². The molecular formula is C16H18ClN3O. The van der Waals surface area contributed by atoms with Crippen molar-refractivity contribution in [1.82, 2.24) is 5.32 Å². The summed E-state index contributed by atoms with van der Waals surface area (Å²) in [6.45, 7) is 3.79. The number of urea groups is 1. The van der Waals surface area contributed by atoms with E-state index >= 15 is 0 Å². The Labute approximate surface area is 129 Å². The van der Waals surface area contributed by atoms with Gasteiger partial charge in [0.25, 0.3) is 0 Å². The third kappa shape index (κ3) is 3.89. The van der Waals surface area contributed by atoms with Crippen LogP contribution in [-0.4, -0.2) is 6.03 Å². The summed E-state index contributed by atoms with van der Waals surface area (Å²) in [5.41, 5.74) is 9.05. The van der Waals surface area contributed by atoms with Crippen LogP contribution in [-0.2, 0) is 0 Å². The van der Waals surface area contributed by atoms with Gasteiger partial charge in [0.1, 0.15) is 0 Å². The van der Waals surface area contributed by atoms with Crippen LogP contribution < -0.4 is 16.4 Å². The average molecular weight is 304 g/mol. The molecule has 0 heterocycles. The molecule has 0 aliphatic carbocycles. The molecule has 0 radical (unpaired) electrons. The molecule has 4 nitrogen and oxygen atoms in total. The van der Waals surface area contributed by atoms with Crippen LogP contribution in [0.4, 0.5) is 16.2 Å². The number of carbonyl (C=O) groups is 1. The Hall–Kier alpha value is -2.20. The predicted molar refractivity (Wildman–Crippen MR) is 87.6 cm³/mol. The second kappa shape index (κ2) is 6.50. The summed E-state index contributed by atoms with van der Waals surface area (Å²) < 4.78 is 0. The molecular weight excluding hydrogens is 286 g/mol. The van der Waals surface area contributed by atoms with Gasteiger partial charge in [-0.3, -0.25) is 0 Å². The lowest BCUT2D eigenvalue weighted by molar-refractivity contribution is 0.249. The SMILES string of the molecule is Cc1ccc(NC(=O)NC(C)c2ccccc2N)cc1Cl. The first-order valence-corrected chi connectivity index (χ1v) is 7.03. The van der Waals surface area contributed by atoms with Crippen LogP contribution in [0.2, 0.25) is 5.02 Å². The third-order valence-corrected chi connectivity index (χ3v) is 3.65. The van der Waals surface area contributed by atoms with Gasteiger partial charge in [-0.15, -0.1) is 0 Å². The van der Waals surface area contributed by atoms with Crippen LogP contribution in [0.15, 0.2) is 42.5 Å². The minimum atomic E-state index is -0.300. The van der Waals surface area contributed by atoms with E-state index in [9.17, 15) is 4.79 Å². The summed E-state index contributed by atoms with van der Waals surface area (Å²) in [7, 11) is 0. The average Bonchev–Trinajstić information content (AvgIpc) is 2.43. The number of amides is 2. The van der Waals surface area contributed by atoms with Crippen molar-refractivity contribution in [2.45, 2.75) is 19.9 Å². The van der Waals surface area contributed by atoms with Gasteiger partial charge in [-0.2, -0.15) is 0 Å². The zero-order chi connectivity index (χ0) is 15.4. The van der Waals surface area contributed by atoms with Crippen molar-refractivity contribution in [3.63, 3.8) is 0 Å². The largest absolute Gasteiger partial charge is 0.398 e. The number of benzene rings is 2. The highest BCUT2D eigenvalue weighted by atomic mass is 35.5. The summed E-state index contributed by atoms with van der Waals surface area (Å²) >= 11 is 6.03. The van der Waals surface area contributed by atoms with E-state index < -0.39 is 0 Å². The molecule has 21 heavy (non-hydrogen) atoms. The summed E-state index contributed by atoms with van der Waals surface area (Å²) in [5, 5.41) is 6.22. The molecule has 1 unspecified atom stereocenters. The molecule has 5 heteroatoms. The standard InChI is InChI=1S/C16H18ClN3O/c1-10-7-8-12(9-14(10)17)20-16(21)19-11(2)13-5-3-4-6-15(13)18/h3-9,11H,18H2,1-2H3,(H2,19,20,21). The quantitative estimate of drug-likeness (QED) is 0.747. The lowest BCUT2D eigenvalue weighted by atomic mass is 10.1. The number of aryl methyl sites for hydroxylation is 1. The summed E-state index contributed by atoms with van der Waals surface area (Å²) in [6, 6.07) is 12.4. The zero-order valence-corrected chi connectivity index (χ0v) is 12.7. The first-order chi connectivity index (χ1) is 9.97. The number of nitrogens with two attached hydrogens (primary N) is 1. The van der Waals surface area contributed by atoms with Crippen molar-refractivity contribution < 1.29 is 4.79 Å². The smallest absolute Gasteiger partial charge is 0.319 e. The van der Waals surface area contributed by atoms with E-state index in [1.807, 2.05) is 50.2 Å². The van der Waals surface area contributed by atoms with Crippen LogP contribution in [0.3, 0.4) is 0 Å². The van der Waals surface area contributed by atoms with Gasteiger partial charge in [0, 0.05) is 16.4 Å². The Morgan fingerprint density at radius 2 is 1.95 bits per heavy atom. The molecule has 0 spiro atoms. The molecule has 0 aliphatic rings. The molecule has 4 N–H and O–H groups in total. The number of para-hydroxylation sites is 1. The normalized spacial score (nSPS) is 11.8. The van der Waals surface area contributed by atoms with Crippen molar-refractivity contribution in [3.05, 3.63) is 58.6 Å². The monoisotopic (exact) mass is 303 g/mol. The van der Waals surface area contributed by atoms with Gasteiger partial charge in [-0.05, 0) is 43.2 Å². The Kier molecular flexibility index (Phi) is 4.70. The topological polar surface area (TPSA) is 67.2 Å². The maximum Gasteiger partial charge on any atom is 0.319 e. The van der Waals surface area contributed by atoms with Crippen molar-refractivity contribution in [2.75, 3.05) is 11.1 Å². The lowest BCUT2D eigenvalue weighted by Crippen LogP contribution is -2.31. The molecule has 2 aromatic rings. The number of anilines is 2. The molecule has 2 amide bonds. The number of rotatable bonds is 3. The van der Waals surface area contributed by atoms with Crippen LogP contribution in [0.25, 0.3) is 0 Å². The van der Waals surface area contributed by atoms with E-state index in [1.165, 1.54) is 0 Å². The summed E-state index contributed by atoms with van der Waals surface area (Å²) in [5.74, 6) is 0. The third-order valence-electron chi connectivity index (χ3n) is 3.24. The van der Waals surface area contributed by atoms with Crippen molar-refractivity contribution in [1.29, 1.82) is 0 Å². The zero-order valence-electron chi connectivity index (χ0n) is 12.0. The number of carbonyl (C=O) groups excluding carboxylic acids is 1. The number of halogens is 1. The molecule has 0 fully saturated rings. The Morgan fingerprint density at radius 3 is 2.62 bits per heavy atom. The first kappa shape index (κ1) is 15.2. The van der Waals surface area contributed by atoms with Gasteiger partial charge in [-0.1, -0.05) is 35.9 Å². The predicted octanol–water partition coefficient (Wildman–Crippen LogP) is 4.11. The molecule has 0 aliphatic heterocycles. The van der Waals surface area contributed by atoms with Crippen LogP contribution in [0.5, 0.6) is 0 Å². The minimum absolute atomic E-state index is 0.188. The maximum atomic E-state index is 12.0. The van der Waals surface area contributed by atoms with Crippen LogP contribution in [0.1, 0.15) is 24.1 Å². The van der Waals surface area contributed by atoms with Gasteiger partial charge < -0.3 is 16.4 Å².